The second-order valence-electron chi connectivity index (χ2n) is 2.68. The Balaban J connectivity index is 1.80. The number of morpholine rings is 1. The average Bonchev–Trinajstić information content (AvgIpc) is 2.21. The van der Waals surface area contributed by atoms with Crippen molar-refractivity contribution >= 4 is 0 Å². The molecule has 0 saturated carbocycles. The zero-order valence-electron chi connectivity index (χ0n) is 6.94. The molecule has 69 valence electrons. The topological polar surface area (TPSA) is 34.2 Å². The van der Waals surface area contributed by atoms with Crippen molar-refractivity contribution < 1.29 is 14.3 Å². The van der Waals surface area contributed by atoms with Gasteiger partial charge >= 0.3 is 0 Å². The minimum Gasteiger partial charge on any atom is -0.379 e. The first-order valence-corrected chi connectivity index (χ1v) is 4.13. The highest BCUT2D eigenvalue weighted by Crippen LogP contribution is 2.08. The smallest absolute Gasteiger partial charge is 0.169 e. The van der Waals surface area contributed by atoms with Gasteiger partial charge in [0.2, 0.25) is 0 Å². The lowest BCUT2D eigenvalue weighted by Gasteiger charge is -2.37. The second kappa shape index (κ2) is 4.15. The van der Waals surface area contributed by atoms with Crippen LogP contribution in [0.25, 0.3) is 0 Å². The molecule has 1 radical (unpaired) electrons. The fourth-order valence-corrected chi connectivity index (χ4v) is 1.28. The molecule has 2 aliphatic rings. The Labute approximate surface area is 71.7 Å². The molecule has 0 bridgehead atoms. The molecule has 0 N–H and O–H groups in total. The van der Waals surface area contributed by atoms with E-state index < -0.39 is 0 Å². The Bertz CT molecular complexity index is 117. The molecule has 0 atom stereocenters. The van der Waals surface area contributed by atoms with E-state index in [0.29, 0.717) is 13.3 Å². The molecule has 2 aliphatic heterocycles. The molecule has 0 amide bonds. The van der Waals surface area contributed by atoms with Crippen molar-refractivity contribution in [1.29, 1.82) is 0 Å². The Hall–Kier alpha value is -0.200. The Morgan fingerprint density at radius 3 is 2.67 bits per heavy atom. The van der Waals surface area contributed by atoms with Crippen molar-refractivity contribution in [2.75, 3.05) is 39.6 Å². The number of hydrazine groups is 1. The van der Waals surface area contributed by atoms with Gasteiger partial charge in [-0.25, -0.2) is 5.01 Å². The van der Waals surface area contributed by atoms with E-state index in [1.54, 1.807) is 6.61 Å². The number of hydrogen-bond acceptors (Lipinski definition) is 5. The molecule has 0 aliphatic carbocycles. The van der Waals surface area contributed by atoms with E-state index in [2.05, 4.69) is 5.01 Å². The van der Waals surface area contributed by atoms with Crippen molar-refractivity contribution in [2.24, 2.45) is 0 Å². The molecule has 2 fully saturated rings. The van der Waals surface area contributed by atoms with Crippen molar-refractivity contribution in [1.82, 2.24) is 10.2 Å². The van der Waals surface area contributed by atoms with Crippen LogP contribution in [0.2, 0.25) is 0 Å². The van der Waals surface area contributed by atoms with Gasteiger partial charge in [0, 0.05) is 13.1 Å². The summed E-state index contributed by atoms with van der Waals surface area (Å²) in [5.41, 5.74) is 0. The van der Waals surface area contributed by atoms with Gasteiger partial charge in [-0.1, -0.05) is 0 Å². The van der Waals surface area contributed by atoms with Crippen LogP contribution in [0.5, 0.6) is 0 Å². The maximum absolute atomic E-state index is 5.27. The van der Waals surface area contributed by atoms with E-state index in [9.17, 15) is 0 Å². The summed E-state index contributed by atoms with van der Waals surface area (Å²) in [6, 6.07) is 0. The summed E-state index contributed by atoms with van der Waals surface area (Å²) >= 11 is 0. The van der Waals surface area contributed by atoms with Crippen LogP contribution in [0, 0.1) is 6.61 Å². The van der Waals surface area contributed by atoms with Gasteiger partial charge in [-0.15, -0.1) is 5.17 Å². The zero-order valence-corrected chi connectivity index (χ0v) is 6.94. The summed E-state index contributed by atoms with van der Waals surface area (Å²) in [7, 11) is 0. The van der Waals surface area contributed by atoms with Gasteiger partial charge < -0.3 is 9.47 Å². The van der Waals surface area contributed by atoms with Gasteiger partial charge in [-0.05, 0) is 0 Å². The van der Waals surface area contributed by atoms with Gasteiger partial charge in [0.25, 0.3) is 0 Å². The maximum atomic E-state index is 5.27. The molecule has 5 heteroatoms. The first kappa shape index (κ1) is 8.40. The molecular weight excluding hydrogens is 160 g/mol. The molecule has 2 rings (SSSR count). The molecule has 0 aromatic carbocycles. The molecule has 0 aromatic heterocycles. The second-order valence-corrected chi connectivity index (χ2v) is 2.68. The van der Waals surface area contributed by atoms with Gasteiger partial charge in [0.1, 0.15) is 6.61 Å². The molecule has 0 aromatic rings. The summed E-state index contributed by atoms with van der Waals surface area (Å²) in [6.45, 7) is 6.11. The summed E-state index contributed by atoms with van der Waals surface area (Å²) in [6.07, 6.45) is 0. The van der Waals surface area contributed by atoms with E-state index in [0.717, 1.165) is 26.3 Å². The van der Waals surface area contributed by atoms with Gasteiger partial charge in [-0.2, -0.15) is 0 Å². The van der Waals surface area contributed by atoms with Gasteiger partial charge in [-0.3, -0.25) is 4.84 Å². The van der Waals surface area contributed by atoms with Crippen molar-refractivity contribution in [3.05, 3.63) is 6.61 Å². The highest BCUT2D eigenvalue weighted by Gasteiger charge is 2.21. The minimum atomic E-state index is 0.317. The van der Waals surface area contributed by atoms with E-state index in [4.69, 9.17) is 14.3 Å². The Morgan fingerprint density at radius 2 is 2.00 bits per heavy atom. The zero-order chi connectivity index (χ0) is 8.23. The largest absolute Gasteiger partial charge is 0.379 e. The average molecular weight is 173 g/mol. The standard InChI is InChI=1S/C7H13N2O3/c1-4-10-5-2-8(1)9-3-6-11-7-12-9/h6H,1-5,7H2. The number of rotatable bonds is 1. The molecule has 0 unspecified atom stereocenters. The quantitative estimate of drug-likeness (QED) is 0.540. The Morgan fingerprint density at radius 1 is 1.17 bits per heavy atom. The van der Waals surface area contributed by atoms with E-state index in [1.165, 1.54) is 0 Å². The van der Waals surface area contributed by atoms with Crippen molar-refractivity contribution in [2.45, 2.75) is 0 Å². The van der Waals surface area contributed by atoms with Crippen LogP contribution in [-0.4, -0.2) is 49.8 Å². The molecule has 2 saturated heterocycles. The summed E-state index contributed by atoms with van der Waals surface area (Å²) in [5.74, 6) is 0. The predicted molar refractivity (Wildman–Crippen MR) is 40.4 cm³/mol. The van der Waals surface area contributed by atoms with Crippen LogP contribution in [-0.2, 0) is 14.3 Å². The lowest BCUT2D eigenvalue weighted by atomic mass is 10.5. The van der Waals surface area contributed by atoms with E-state index in [1.807, 2.05) is 5.17 Å². The van der Waals surface area contributed by atoms with Gasteiger partial charge in [0.15, 0.2) is 6.79 Å². The molecule has 5 nitrogen and oxygen atoms in total. The molecular formula is C7H13N2O3. The summed E-state index contributed by atoms with van der Waals surface area (Å²) in [5, 5.41) is 3.95. The maximum Gasteiger partial charge on any atom is 0.169 e. The minimum absolute atomic E-state index is 0.317. The fourth-order valence-electron chi connectivity index (χ4n) is 1.28. The fraction of sp³-hybridized carbons (Fsp3) is 0.857. The first-order valence-electron chi connectivity index (χ1n) is 4.13. The first-order chi connectivity index (χ1) is 5.97. The van der Waals surface area contributed by atoms with E-state index >= 15 is 0 Å². The van der Waals surface area contributed by atoms with Crippen LogP contribution in [0.4, 0.5) is 0 Å². The number of ether oxygens (including phenoxy) is 2. The SMILES string of the molecule is [CH]1CN(N2CCOCC2)OCO1. The van der Waals surface area contributed by atoms with Gasteiger partial charge in [0.05, 0.1) is 19.8 Å². The third kappa shape index (κ3) is 1.94. The van der Waals surface area contributed by atoms with Crippen LogP contribution >= 0.6 is 0 Å². The van der Waals surface area contributed by atoms with Crippen LogP contribution in [0.1, 0.15) is 0 Å². The Kier molecular flexibility index (Phi) is 2.91. The monoisotopic (exact) mass is 173 g/mol. The van der Waals surface area contributed by atoms with Crippen LogP contribution in [0.15, 0.2) is 0 Å². The van der Waals surface area contributed by atoms with Crippen molar-refractivity contribution in [3.63, 3.8) is 0 Å². The summed E-state index contributed by atoms with van der Waals surface area (Å²) in [4.78, 5) is 5.27. The highest BCUT2D eigenvalue weighted by molar-refractivity contribution is 4.61. The number of hydroxylamine groups is 1. The summed E-state index contributed by atoms with van der Waals surface area (Å²) < 4.78 is 10.2. The normalized spacial score (nSPS) is 29.0. The molecule has 0 spiro atoms. The van der Waals surface area contributed by atoms with E-state index in [-0.39, 0.29) is 0 Å². The lowest BCUT2D eigenvalue weighted by molar-refractivity contribution is -0.347. The molecule has 12 heavy (non-hydrogen) atoms. The van der Waals surface area contributed by atoms with Crippen LogP contribution in [0.3, 0.4) is 0 Å². The number of hydrogen-bond donors (Lipinski definition) is 0. The lowest BCUT2D eigenvalue weighted by Crippen LogP contribution is -2.50. The predicted octanol–water partition coefficient (Wildman–Crippen LogP) is -0.383. The molecule has 2 heterocycles. The number of nitrogens with zero attached hydrogens (tertiary/aromatic N) is 2. The van der Waals surface area contributed by atoms with Crippen molar-refractivity contribution in [3.8, 4) is 0 Å². The van der Waals surface area contributed by atoms with Crippen LogP contribution < -0.4 is 0 Å². The third-order valence-corrected chi connectivity index (χ3v) is 1.92. The third-order valence-electron chi connectivity index (χ3n) is 1.92. The highest BCUT2D eigenvalue weighted by atomic mass is 16.8.